The van der Waals surface area contributed by atoms with Gasteiger partial charge in [0.2, 0.25) is 0 Å². The van der Waals surface area contributed by atoms with E-state index < -0.39 is 50.1 Å². The molecule has 0 radical (unpaired) electrons. The molecule has 288 valence electrons. The summed E-state index contributed by atoms with van der Waals surface area (Å²) in [7, 11) is 2.86. The van der Waals surface area contributed by atoms with Gasteiger partial charge in [-0.2, -0.15) is 5.26 Å². The molecule has 1 fully saturated rings. The molecule has 2 heterocycles. The van der Waals surface area contributed by atoms with Crippen molar-refractivity contribution in [1.82, 2.24) is 14.2 Å². The maximum Gasteiger partial charge on any atom is 0.330 e. The summed E-state index contributed by atoms with van der Waals surface area (Å²) < 4.78 is 48.3. The molecular formula is C39H46IN4O9P. The van der Waals surface area contributed by atoms with Crippen LogP contribution in [0.1, 0.15) is 57.0 Å². The average molecular weight is 873 g/mol. The lowest BCUT2D eigenvalue weighted by Gasteiger charge is -2.41. The SMILES string of the molecule is COc1ccc(C(O[C@H]2O[C@@H](n3cc(I)c(=O)[nH]c3=O)[C@H](OC)[C@@H]2OP(OCCC#N)N(C(C)C)C(C)C)(c2ccccc2)c2ccc(OC)cc2)cc1. The molecule has 0 amide bonds. The first kappa shape index (κ1) is 41.5. The summed E-state index contributed by atoms with van der Waals surface area (Å²) in [6, 6.07) is 27.0. The Bertz CT molecular complexity index is 1910. The maximum atomic E-state index is 13.4. The average Bonchev–Trinajstić information content (AvgIpc) is 3.51. The largest absolute Gasteiger partial charge is 0.497 e. The summed E-state index contributed by atoms with van der Waals surface area (Å²) in [5.74, 6) is 1.31. The van der Waals surface area contributed by atoms with E-state index in [1.54, 1.807) is 14.2 Å². The molecule has 54 heavy (non-hydrogen) atoms. The van der Waals surface area contributed by atoms with Gasteiger partial charge in [-0.15, -0.1) is 0 Å². The number of aromatic nitrogens is 2. The number of benzene rings is 3. The molecule has 1 saturated heterocycles. The number of hydrogen-bond donors (Lipinski definition) is 1. The third kappa shape index (κ3) is 8.90. The highest BCUT2D eigenvalue weighted by Gasteiger charge is 2.54. The third-order valence-corrected chi connectivity index (χ3v) is 11.9. The van der Waals surface area contributed by atoms with Crippen LogP contribution in [0.15, 0.2) is 94.6 Å². The van der Waals surface area contributed by atoms with E-state index in [1.807, 2.05) is 129 Å². The smallest absolute Gasteiger partial charge is 0.330 e. The van der Waals surface area contributed by atoms with Crippen molar-refractivity contribution in [2.24, 2.45) is 0 Å². The molecule has 1 N–H and O–H groups in total. The molecule has 5 rings (SSSR count). The number of nitrogens with zero attached hydrogens (tertiary/aromatic N) is 3. The van der Waals surface area contributed by atoms with Crippen LogP contribution in [0.5, 0.6) is 11.5 Å². The zero-order valence-electron chi connectivity index (χ0n) is 31.3. The van der Waals surface area contributed by atoms with Crippen molar-refractivity contribution in [3.8, 4) is 17.6 Å². The topological polar surface area (TPSA) is 147 Å². The van der Waals surface area contributed by atoms with Crippen LogP contribution in [-0.2, 0) is 28.9 Å². The molecule has 3 aromatic carbocycles. The summed E-state index contributed by atoms with van der Waals surface area (Å²) in [5, 5.41) is 9.38. The van der Waals surface area contributed by atoms with Crippen LogP contribution in [0.25, 0.3) is 0 Å². The van der Waals surface area contributed by atoms with Crippen molar-refractivity contribution in [3.63, 3.8) is 0 Å². The third-order valence-electron chi connectivity index (χ3n) is 8.96. The van der Waals surface area contributed by atoms with E-state index >= 15 is 0 Å². The quantitative estimate of drug-likeness (QED) is 0.0524. The molecule has 0 saturated carbocycles. The second-order valence-electron chi connectivity index (χ2n) is 13.0. The van der Waals surface area contributed by atoms with Crippen LogP contribution in [-0.4, -0.2) is 72.7 Å². The number of methoxy groups -OCH3 is 3. The van der Waals surface area contributed by atoms with Crippen molar-refractivity contribution in [2.45, 2.75) is 76.5 Å². The molecule has 4 aromatic rings. The van der Waals surface area contributed by atoms with Gasteiger partial charge in [0.15, 0.2) is 12.5 Å². The molecular weight excluding hydrogens is 826 g/mol. The zero-order valence-corrected chi connectivity index (χ0v) is 34.4. The lowest BCUT2D eigenvalue weighted by molar-refractivity contribution is -0.214. The molecule has 5 atom stereocenters. The van der Waals surface area contributed by atoms with Gasteiger partial charge >= 0.3 is 5.69 Å². The Hall–Kier alpha value is -3.65. The number of rotatable bonds is 17. The molecule has 1 aliphatic heterocycles. The van der Waals surface area contributed by atoms with Gasteiger partial charge in [0.1, 0.15) is 29.3 Å². The van der Waals surface area contributed by atoms with E-state index in [0.717, 1.165) is 16.7 Å². The van der Waals surface area contributed by atoms with E-state index in [1.165, 1.54) is 17.9 Å². The zero-order chi connectivity index (χ0) is 39.0. The van der Waals surface area contributed by atoms with E-state index in [4.69, 9.17) is 32.7 Å². The van der Waals surface area contributed by atoms with Gasteiger partial charge in [-0.05, 0) is 91.2 Å². The van der Waals surface area contributed by atoms with Crippen molar-refractivity contribution >= 4 is 31.1 Å². The molecule has 13 nitrogen and oxygen atoms in total. The Morgan fingerprint density at radius 3 is 1.94 bits per heavy atom. The number of ether oxygens (including phenoxy) is 5. The Kier molecular flexibility index (Phi) is 14.4. The standard InChI is InChI=1S/C39H46IN4O9P/c1-25(2)44(26(3)4)54(50-23-11-22-41)53-34-33(49-7)36(43-24-32(40)35(45)42-38(43)46)51-37(34)52-39(27-12-9-8-10-13-27,28-14-18-30(47-5)19-15-28)29-16-20-31(48-6)21-17-29/h8-10,12-21,24-26,33-34,36-37H,11,23H2,1-7H3,(H,42,45,46)/t33-,34+,36-,37-,54?/m1/s1. The first-order valence-corrected chi connectivity index (χ1v) is 19.7. The summed E-state index contributed by atoms with van der Waals surface area (Å²) in [5.41, 5.74) is -0.295. The Labute approximate surface area is 330 Å². The summed E-state index contributed by atoms with van der Waals surface area (Å²) in [6.45, 7) is 8.28. The number of hydrogen-bond acceptors (Lipinski definition) is 11. The number of nitrogens with one attached hydrogen (secondary N) is 1. The van der Waals surface area contributed by atoms with Crippen LogP contribution in [0.4, 0.5) is 0 Å². The molecule has 1 aromatic heterocycles. The second-order valence-corrected chi connectivity index (χ2v) is 15.5. The van der Waals surface area contributed by atoms with Gasteiger partial charge in [-0.1, -0.05) is 54.6 Å². The first-order valence-electron chi connectivity index (χ1n) is 17.5. The molecule has 1 aliphatic rings. The lowest BCUT2D eigenvalue weighted by atomic mass is 9.80. The van der Waals surface area contributed by atoms with Crippen LogP contribution >= 0.6 is 31.1 Å². The van der Waals surface area contributed by atoms with Gasteiger partial charge in [-0.25, -0.2) is 9.46 Å². The Morgan fingerprint density at radius 2 is 1.44 bits per heavy atom. The highest BCUT2D eigenvalue weighted by atomic mass is 127. The van der Waals surface area contributed by atoms with Gasteiger partial charge in [-0.3, -0.25) is 14.3 Å². The monoisotopic (exact) mass is 872 g/mol. The van der Waals surface area contributed by atoms with Crippen molar-refractivity contribution < 1.29 is 32.7 Å². The number of nitriles is 1. The molecule has 1 unspecified atom stereocenters. The van der Waals surface area contributed by atoms with Gasteiger partial charge in [0.25, 0.3) is 14.1 Å². The van der Waals surface area contributed by atoms with E-state index in [2.05, 4.69) is 15.7 Å². The van der Waals surface area contributed by atoms with Gasteiger partial charge in [0.05, 0.1) is 36.9 Å². The van der Waals surface area contributed by atoms with E-state index in [0.29, 0.717) is 11.5 Å². The summed E-state index contributed by atoms with van der Waals surface area (Å²) in [4.78, 5) is 28.2. The van der Waals surface area contributed by atoms with Gasteiger partial charge in [0, 0.05) is 25.4 Å². The molecule has 0 spiro atoms. The Balaban J connectivity index is 1.75. The fourth-order valence-electron chi connectivity index (χ4n) is 6.54. The van der Waals surface area contributed by atoms with Crippen LogP contribution in [0.3, 0.4) is 0 Å². The Morgan fingerprint density at radius 1 is 0.889 bits per heavy atom. The van der Waals surface area contributed by atoms with E-state index in [-0.39, 0.29) is 28.7 Å². The normalized spacial score (nSPS) is 19.3. The van der Waals surface area contributed by atoms with Crippen LogP contribution < -0.4 is 20.7 Å². The van der Waals surface area contributed by atoms with Crippen LogP contribution in [0, 0.1) is 14.9 Å². The van der Waals surface area contributed by atoms with Crippen molar-refractivity contribution in [2.75, 3.05) is 27.9 Å². The molecule has 0 aliphatic carbocycles. The van der Waals surface area contributed by atoms with E-state index in [9.17, 15) is 14.9 Å². The first-order chi connectivity index (χ1) is 26.0. The van der Waals surface area contributed by atoms with Crippen LogP contribution in [0.2, 0.25) is 0 Å². The highest BCUT2D eigenvalue weighted by Crippen LogP contribution is 2.52. The summed E-state index contributed by atoms with van der Waals surface area (Å²) >= 11 is 1.87. The predicted octanol–water partition coefficient (Wildman–Crippen LogP) is 6.70. The van der Waals surface area contributed by atoms with Gasteiger partial charge < -0.3 is 32.7 Å². The van der Waals surface area contributed by atoms with Crippen molar-refractivity contribution in [3.05, 3.63) is 126 Å². The second kappa shape index (κ2) is 18.8. The molecule has 0 bridgehead atoms. The fourth-order valence-corrected chi connectivity index (χ4v) is 8.71. The molecule has 15 heteroatoms. The van der Waals surface area contributed by atoms with Crippen molar-refractivity contribution in [1.29, 1.82) is 5.26 Å². The maximum absolute atomic E-state index is 13.4. The lowest BCUT2D eigenvalue weighted by Crippen LogP contribution is -2.44. The predicted molar refractivity (Wildman–Crippen MR) is 212 cm³/mol. The minimum absolute atomic E-state index is 0.0120. The minimum Gasteiger partial charge on any atom is -0.497 e. The summed E-state index contributed by atoms with van der Waals surface area (Å²) in [6.07, 6.45) is -2.70. The number of H-pyrrole nitrogens is 1. The fraction of sp³-hybridized carbons (Fsp3) is 0.410. The number of aromatic amines is 1. The number of halogens is 1. The highest BCUT2D eigenvalue weighted by molar-refractivity contribution is 14.1. The minimum atomic E-state index is -1.85.